The van der Waals surface area contributed by atoms with Crippen molar-refractivity contribution in [3.8, 4) is 0 Å². The van der Waals surface area contributed by atoms with Gasteiger partial charge in [0.2, 0.25) is 0 Å². The number of carbonyl (C=O) groups excluding carboxylic acids is 1. The Hall–Kier alpha value is -2.09. The molecule has 7 nitrogen and oxygen atoms in total. The maximum absolute atomic E-state index is 12.7. The van der Waals surface area contributed by atoms with Crippen LogP contribution in [0.15, 0.2) is 10.9 Å². The van der Waals surface area contributed by atoms with Gasteiger partial charge in [-0.05, 0) is 37.7 Å². The Balaban J connectivity index is 1.61. The maximum atomic E-state index is 12.7. The van der Waals surface area contributed by atoms with E-state index in [4.69, 9.17) is 0 Å². The van der Waals surface area contributed by atoms with Crippen molar-refractivity contribution < 1.29 is 4.79 Å². The second-order valence-electron chi connectivity index (χ2n) is 6.47. The summed E-state index contributed by atoms with van der Waals surface area (Å²) in [6, 6.07) is 1.66. The molecule has 8 heteroatoms. The predicted molar refractivity (Wildman–Crippen MR) is 89.3 cm³/mol. The molecule has 0 bridgehead atoms. The molecule has 4 rings (SSSR count). The highest BCUT2D eigenvalue weighted by molar-refractivity contribution is 7.07. The highest BCUT2D eigenvalue weighted by Gasteiger charge is 2.30. The summed E-state index contributed by atoms with van der Waals surface area (Å²) in [4.78, 5) is 31.3. The van der Waals surface area contributed by atoms with Gasteiger partial charge >= 0.3 is 0 Å². The first-order valence-corrected chi connectivity index (χ1v) is 9.09. The lowest BCUT2D eigenvalue weighted by molar-refractivity contribution is 0.0708. The fraction of sp³-hybridized carbons (Fsp3) is 0.562. The molecule has 1 unspecified atom stereocenters. The molecule has 0 saturated carbocycles. The summed E-state index contributed by atoms with van der Waals surface area (Å²) in [5.74, 6) is 1.09. The number of fused-ring (bicyclic) bond motifs is 1. The third-order valence-corrected chi connectivity index (χ3v) is 5.70. The summed E-state index contributed by atoms with van der Waals surface area (Å²) in [5, 5.41) is 3.94. The summed E-state index contributed by atoms with van der Waals surface area (Å²) in [6.07, 6.45) is 3.83. The summed E-state index contributed by atoms with van der Waals surface area (Å²) in [7, 11) is 0. The number of aryl methyl sites for hydroxylation is 2. The van der Waals surface area contributed by atoms with E-state index in [0.29, 0.717) is 17.1 Å². The fourth-order valence-electron chi connectivity index (χ4n) is 3.73. The first-order valence-electron chi connectivity index (χ1n) is 8.32. The predicted octanol–water partition coefficient (Wildman–Crippen LogP) is 1.37. The molecule has 0 aromatic carbocycles. The SMILES string of the molecule is Cc1nnsc1C(=O)N1CCCC(c2cc(=O)nc3n2CCC3)C1. The molecule has 0 aliphatic carbocycles. The molecule has 1 fully saturated rings. The van der Waals surface area contributed by atoms with Crippen molar-refractivity contribution in [1.29, 1.82) is 0 Å². The van der Waals surface area contributed by atoms with E-state index < -0.39 is 0 Å². The van der Waals surface area contributed by atoms with E-state index in [9.17, 15) is 9.59 Å². The number of aromatic nitrogens is 4. The van der Waals surface area contributed by atoms with Gasteiger partial charge in [-0.2, -0.15) is 4.98 Å². The first kappa shape index (κ1) is 15.4. The van der Waals surface area contributed by atoms with Crippen LogP contribution in [0.3, 0.4) is 0 Å². The van der Waals surface area contributed by atoms with Crippen LogP contribution in [0.5, 0.6) is 0 Å². The average Bonchev–Trinajstić information content (AvgIpc) is 3.22. The molecule has 2 aliphatic heterocycles. The zero-order valence-electron chi connectivity index (χ0n) is 13.6. The number of hydrogen-bond donors (Lipinski definition) is 0. The van der Waals surface area contributed by atoms with Crippen molar-refractivity contribution >= 4 is 17.4 Å². The van der Waals surface area contributed by atoms with Gasteiger partial charge in [0.1, 0.15) is 10.7 Å². The minimum Gasteiger partial charge on any atom is -0.337 e. The molecular weight excluding hydrogens is 326 g/mol. The second kappa shape index (κ2) is 6.08. The minimum atomic E-state index is -0.163. The molecule has 4 heterocycles. The molecule has 2 aromatic heterocycles. The van der Waals surface area contributed by atoms with Crippen LogP contribution in [0.4, 0.5) is 0 Å². The number of piperidine rings is 1. The number of hydrogen-bond acceptors (Lipinski definition) is 6. The van der Waals surface area contributed by atoms with E-state index in [1.54, 1.807) is 6.07 Å². The molecule has 1 atom stereocenters. The van der Waals surface area contributed by atoms with Crippen molar-refractivity contribution in [3.05, 3.63) is 38.5 Å². The third kappa shape index (κ3) is 2.64. The van der Waals surface area contributed by atoms with Crippen LogP contribution in [-0.4, -0.2) is 43.0 Å². The molecule has 1 amide bonds. The molecule has 0 N–H and O–H groups in total. The lowest BCUT2D eigenvalue weighted by Crippen LogP contribution is -2.40. The molecule has 1 saturated heterocycles. The Kier molecular flexibility index (Phi) is 3.91. The molecule has 2 aliphatic rings. The van der Waals surface area contributed by atoms with E-state index in [2.05, 4.69) is 19.1 Å². The van der Waals surface area contributed by atoms with Gasteiger partial charge < -0.3 is 9.47 Å². The smallest absolute Gasteiger partial charge is 0.273 e. The quantitative estimate of drug-likeness (QED) is 0.821. The largest absolute Gasteiger partial charge is 0.337 e. The van der Waals surface area contributed by atoms with Crippen LogP contribution in [-0.2, 0) is 13.0 Å². The Morgan fingerprint density at radius 1 is 1.33 bits per heavy atom. The minimum absolute atomic E-state index is 0.00486. The first-order chi connectivity index (χ1) is 11.6. The van der Waals surface area contributed by atoms with Crippen LogP contribution >= 0.6 is 11.5 Å². The van der Waals surface area contributed by atoms with Gasteiger partial charge in [-0.15, -0.1) is 5.10 Å². The van der Waals surface area contributed by atoms with Gasteiger partial charge in [0.05, 0.1) is 5.69 Å². The van der Waals surface area contributed by atoms with Crippen LogP contribution in [0.25, 0.3) is 0 Å². The van der Waals surface area contributed by atoms with Gasteiger partial charge in [-0.3, -0.25) is 9.59 Å². The van der Waals surface area contributed by atoms with Crippen LogP contribution in [0.2, 0.25) is 0 Å². The number of rotatable bonds is 2. The average molecular weight is 345 g/mol. The standard InChI is InChI=1S/C16H19N5O2S/c1-10-15(24-19-18-10)16(23)20-6-2-4-11(9-20)12-8-14(22)17-13-5-3-7-21(12)13/h8,11H,2-7,9H2,1H3. The van der Waals surface area contributed by atoms with Gasteiger partial charge in [-0.1, -0.05) is 4.49 Å². The Morgan fingerprint density at radius 2 is 2.21 bits per heavy atom. The fourth-order valence-corrected chi connectivity index (χ4v) is 4.36. The normalized spacial score (nSPS) is 20.2. The lowest BCUT2D eigenvalue weighted by atomic mass is 9.94. The van der Waals surface area contributed by atoms with Crippen molar-refractivity contribution in [2.24, 2.45) is 0 Å². The van der Waals surface area contributed by atoms with Crippen molar-refractivity contribution in [2.45, 2.75) is 45.1 Å². The molecule has 0 spiro atoms. The van der Waals surface area contributed by atoms with Crippen molar-refractivity contribution in [3.63, 3.8) is 0 Å². The topological polar surface area (TPSA) is 81.0 Å². The number of amides is 1. The Labute approximate surface area is 143 Å². The van der Waals surface area contributed by atoms with E-state index in [1.165, 1.54) is 0 Å². The van der Waals surface area contributed by atoms with Gasteiger partial charge in [0.25, 0.3) is 11.5 Å². The highest BCUT2D eigenvalue weighted by Crippen LogP contribution is 2.29. The van der Waals surface area contributed by atoms with E-state index >= 15 is 0 Å². The summed E-state index contributed by atoms with van der Waals surface area (Å²) in [6.45, 7) is 4.11. The number of carbonyl (C=O) groups is 1. The monoisotopic (exact) mass is 345 g/mol. The van der Waals surface area contributed by atoms with Crippen LogP contribution in [0, 0.1) is 6.92 Å². The number of nitrogens with zero attached hydrogens (tertiary/aromatic N) is 5. The second-order valence-corrected chi connectivity index (χ2v) is 7.22. The zero-order chi connectivity index (χ0) is 16.7. The van der Waals surface area contributed by atoms with Crippen LogP contribution in [0.1, 0.15) is 52.1 Å². The maximum Gasteiger partial charge on any atom is 0.273 e. The zero-order valence-corrected chi connectivity index (χ0v) is 14.4. The highest BCUT2D eigenvalue weighted by atomic mass is 32.1. The number of likely N-dealkylation sites (tertiary alicyclic amines) is 1. The lowest BCUT2D eigenvalue weighted by Gasteiger charge is -2.33. The molecule has 24 heavy (non-hydrogen) atoms. The van der Waals surface area contributed by atoms with Gasteiger partial charge in [0.15, 0.2) is 0 Å². The molecule has 0 radical (unpaired) electrons. The summed E-state index contributed by atoms with van der Waals surface area (Å²) >= 11 is 1.15. The Morgan fingerprint density at radius 3 is 3.00 bits per heavy atom. The van der Waals surface area contributed by atoms with Crippen molar-refractivity contribution in [2.75, 3.05) is 13.1 Å². The van der Waals surface area contributed by atoms with Gasteiger partial charge in [0, 0.05) is 43.7 Å². The van der Waals surface area contributed by atoms with Crippen LogP contribution < -0.4 is 5.56 Å². The van der Waals surface area contributed by atoms with E-state index in [-0.39, 0.29) is 17.4 Å². The summed E-state index contributed by atoms with van der Waals surface area (Å²) in [5.41, 5.74) is 1.57. The van der Waals surface area contributed by atoms with Crippen molar-refractivity contribution in [1.82, 2.24) is 24.0 Å². The van der Waals surface area contributed by atoms with E-state index in [0.717, 1.165) is 61.8 Å². The third-order valence-electron chi connectivity index (χ3n) is 4.89. The Bertz CT molecular complexity index is 843. The van der Waals surface area contributed by atoms with E-state index in [1.807, 2.05) is 11.8 Å². The van der Waals surface area contributed by atoms with Gasteiger partial charge in [-0.25, -0.2) is 0 Å². The summed E-state index contributed by atoms with van der Waals surface area (Å²) < 4.78 is 6.04. The molecule has 126 valence electrons. The molecule has 2 aromatic rings. The molecular formula is C16H19N5O2S.